The van der Waals surface area contributed by atoms with Crippen molar-refractivity contribution in [3.05, 3.63) is 102 Å². The highest BCUT2D eigenvalue weighted by molar-refractivity contribution is 5.75. The average Bonchev–Trinajstić information content (AvgIpc) is 3.33. The fraction of sp³-hybridized carbons (Fsp3) is 0.136. The number of fused-ring (bicyclic) bond motifs is 1. The first kappa shape index (κ1) is 15.3. The van der Waals surface area contributed by atoms with Crippen LogP contribution in [0.4, 0.5) is 0 Å². The molecule has 26 heavy (non-hydrogen) atoms. The summed E-state index contributed by atoms with van der Waals surface area (Å²) in [5.41, 5.74) is 11.6. The summed E-state index contributed by atoms with van der Waals surface area (Å²) in [7, 11) is 0. The SMILES string of the molecule is c1ccc(C2NNC(c3ccccc3)C2c2nc3ccccc3[nH]2)cc1. The first-order valence-corrected chi connectivity index (χ1v) is 8.96. The Morgan fingerprint density at radius 3 is 1.73 bits per heavy atom. The number of para-hydroxylation sites is 2. The van der Waals surface area contributed by atoms with Gasteiger partial charge in [-0.2, -0.15) is 0 Å². The van der Waals surface area contributed by atoms with Crippen LogP contribution >= 0.6 is 0 Å². The smallest absolute Gasteiger partial charge is 0.114 e. The molecule has 0 radical (unpaired) electrons. The second kappa shape index (κ2) is 6.41. The Morgan fingerprint density at radius 1 is 0.615 bits per heavy atom. The zero-order chi connectivity index (χ0) is 17.3. The maximum absolute atomic E-state index is 4.91. The molecule has 0 aliphatic carbocycles. The number of hydrogen-bond acceptors (Lipinski definition) is 3. The van der Waals surface area contributed by atoms with Gasteiger partial charge in [-0.15, -0.1) is 0 Å². The summed E-state index contributed by atoms with van der Waals surface area (Å²) in [6, 6.07) is 29.6. The summed E-state index contributed by atoms with van der Waals surface area (Å²) in [5, 5.41) is 0. The molecule has 2 unspecified atom stereocenters. The van der Waals surface area contributed by atoms with Crippen molar-refractivity contribution in [3.63, 3.8) is 0 Å². The molecule has 0 spiro atoms. The van der Waals surface area contributed by atoms with Crippen molar-refractivity contribution in [1.82, 2.24) is 20.8 Å². The molecule has 3 aromatic carbocycles. The third-order valence-corrected chi connectivity index (χ3v) is 5.15. The molecule has 2 atom stereocenters. The number of benzene rings is 3. The zero-order valence-corrected chi connectivity index (χ0v) is 14.3. The lowest BCUT2D eigenvalue weighted by atomic mass is 9.85. The molecule has 4 nitrogen and oxygen atoms in total. The summed E-state index contributed by atoms with van der Waals surface area (Å²) in [6.07, 6.45) is 0. The third-order valence-electron chi connectivity index (χ3n) is 5.15. The number of aromatic nitrogens is 2. The lowest BCUT2D eigenvalue weighted by Crippen LogP contribution is -2.26. The molecule has 4 aromatic rings. The summed E-state index contributed by atoms with van der Waals surface area (Å²) in [4.78, 5) is 8.46. The van der Waals surface area contributed by atoms with Crippen molar-refractivity contribution < 1.29 is 0 Å². The van der Waals surface area contributed by atoms with Crippen LogP contribution in [0.2, 0.25) is 0 Å². The van der Waals surface area contributed by atoms with E-state index in [1.807, 2.05) is 12.1 Å². The van der Waals surface area contributed by atoms with E-state index in [1.165, 1.54) is 11.1 Å². The topological polar surface area (TPSA) is 52.7 Å². The standard InChI is InChI=1S/C22H20N4/c1-3-9-15(10-4-1)20-19(21(26-25-20)16-11-5-2-6-12-16)22-23-17-13-7-8-14-18(17)24-22/h1-14,19-21,25-26H,(H,23,24). The molecule has 0 amide bonds. The number of nitrogens with one attached hydrogen (secondary N) is 3. The summed E-state index contributed by atoms with van der Waals surface area (Å²) < 4.78 is 0. The molecule has 3 N–H and O–H groups in total. The molecule has 1 aromatic heterocycles. The Bertz CT molecular complexity index is 929. The van der Waals surface area contributed by atoms with Gasteiger partial charge in [0.2, 0.25) is 0 Å². The highest BCUT2D eigenvalue weighted by atomic mass is 15.4. The van der Waals surface area contributed by atoms with Crippen LogP contribution in [0, 0.1) is 0 Å². The molecule has 5 rings (SSSR count). The van der Waals surface area contributed by atoms with Gasteiger partial charge >= 0.3 is 0 Å². The van der Waals surface area contributed by atoms with Gasteiger partial charge in [-0.05, 0) is 23.3 Å². The zero-order valence-electron chi connectivity index (χ0n) is 14.3. The molecule has 4 heteroatoms. The van der Waals surface area contributed by atoms with Gasteiger partial charge in [-0.3, -0.25) is 0 Å². The van der Waals surface area contributed by atoms with Crippen LogP contribution in [0.25, 0.3) is 11.0 Å². The van der Waals surface area contributed by atoms with Crippen molar-refractivity contribution in [2.75, 3.05) is 0 Å². The monoisotopic (exact) mass is 340 g/mol. The minimum Gasteiger partial charge on any atom is -0.342 e. The van der Waals surface area contributed by atoms with Gasteiger partial charge in [0.15, 0.2) is 0 Å². The predicted octanol–water partition coefficient (Wildman–Crippen LogP) is 4.24. The fourth-order valence-corrected chi connectivity index (χ4v) is 3.90. The van der Waals surface area contributed by atoms with Crippen LogP contribution in [0.3, 0.4) is 0 Å². The second-order valence-electron chi connectivity index (χ2n) is 6.73. The minimum atomic E-state index is 0.141. The van der Waals surface area contributed by atoms with Crippen molar-refractivity contribution in [3.8, 4) is 0 Å². The molecule has 2 heterocycles. The number of imidazole rings is 1. The normalized spacial score (nSPS) is 22.7. The van der Waals surface area contributed by atoms with Crippen LogP contribution in [-0.4, -0.2) is 9.97 Å². The lowest BCUT2D eigenvalue weighted by Gasteiger charge is -2.22. The number of aromatic amines is 1. The first-order chi connectivity index (χ1) is 12.9. The van der Waals surface area contributed by atoms with Crippen molar-refractivity contribution in [2.24, 2.45) is 0 Å². The molecule has 1 aliphatic rings. The van der Waals surface area contributed by atoms with Gasteiger partial charge < -0.3 is 4.98 Å². The van der Waals surface area contributed by atoms with Crippen molar-refractivity contribution >= 4 is 11.0 Å². The molecule has 1 aliphatic heterocycles. The van der Waals surface area contributed by atoms with Crippen LogP contribution < -0.4 is 10.9 Å². The number of rotatable bonds is 3. The van der Waals surface area contributed by atoms with E-state index in [0.717, 1.165) is 16.9 Å². The Labute approximate surface area is 152 Å². The minimum absolute atomic E-state index is 0.141. The number of H-pyrrole nitrogens is 1. The van der Waals surface area contributed by atoms with Gasteiger partial charge in [0.05, 0.1) is 29.0 Å². The van der Waals surface area contributed by atoms with E-state index in [9.17, 15) is 0 Å². The molecule has 1 fully saturated rings. The van der Waals surface area contributed by atoms with Crippen LogP contribution in [0.15, 0.2) is 84.9 Å². The summed E-state index contributed by atoms with van der Waals surface area (Å²) in [5.74, 6) is 1.17. The molecule has 1 saturated heterocycles. The second-order valence-corrected chi connectivity index (χ2v) is 6.73. The molecule has 0 saturated carbocycles. The van der Waals surface area contributed by atoms with Gasteiger partial charge in [0.25, 0.3) is 0 Å². The largest absolute Gasteiger partial charge is 0.342 e. The van der Waals surface area contributed by atoms with Gasteiger partial charge in [-0.1, -0.05) is 72.8 Å². The van der Waals surface area contributed by atoms with E-state index in [-0.39, 0.29) is 18.0 Å². The fourth-order valence-electron chi connectivity index (χ4n) is 3.90. The first-order valence-electron chi connectivity index (χ1n) is 8.96. The quantitative estimate of drug-likeness (QED) is 0.523. The van der Waals surface area contributed by atoms with Crippen molar-refractivity contribution in [1.29, 1.82) is 0 Å². The molecule has 0 bridgehead atoms. The van der Waals surface area contributed by atoms with E-state index >= 15 is 0 Å². The third kappa shape index (κ3) is 2.60. The number of hydrogen-bond donors (Lipinski definition) is 3. The van der Waals surface area contributed by atoms with Crippen LogP contribution in [-0.2, 0) is 0 Å². The number of nitrogens with zero attached hydrogens (tertiary/aromatic N) is 1. The van der Waals surface area contributed by atoms with Crippen LogP contribution in [0.5, 0.6) is 0 Å². The molecular formula is C22H20N4. The van der Waals surface area contributed by atoms with E-state index in [0.29, 0.717) is 0 Å². The van der Waals surface area contributed by atoms with Gasteiger partial charge in [-0.25, -0.2) is 15.8 Å². The Hall–Kier alpha value is -2.95. The van der Waals surface area contributed by atoms with E-state index in [4.69, 9.17) is 4.98 Å². The Morgan fingerprint density at radius 2 is 1.15 bits per heavy atom. The molecule has 128 valence electrons. The average molecular weight is 340 g/mol. The van der Waals surface area contributed by atoms with E-state index < -0.39 is 0 Å². The van der Waals surface area contributed by atoms with Gasteiger partial charge in [0, 0.05) is 0 Å². The molecular weight excluding hydrogens is 320 g/mol. The highest BCUT2D eigenvalue weighted by Crippen LogP contribution is 2.43. The Balaban J connectivity index is 1.63. The summed E-state index contributed by atoms with van der Waals surface area (Å²) in [6.45, 7) is 0. The number of hydrazine groups is 1. The van der Waals surface area contributed by atoms with Gasteiger partial charge in [0.1, 0.15) is 5.82 Å². The maximum atomic E-state index is 4.91. The predicted molar refractivity (Wildman–Crippen MR) is 103 cm³/mol. The highest BCUT2D eigenvalue weighted by Gasteiger charge is 2.40. The van der Waals surface area contributed by atoms with E-state index in [1.54, 1.807) is 0 Å². The Kier molecular flexibility index (Phi) is 3.77. The van der Waals surface area contributed by atoms with E-state index in [2.05, 4.69) is 88.6 Å². The summed E-state index contributed by atoms with van der Waals surface area (Å²) >= 11 is 0. The maximum Gasteiger partial charge on any atom is 0.114 e. The lowest BCUT2D eigenvalue weighted by molar-refractivity contribution is 0.530. The van der Waals surface area contributed by atoms with Crippen LogP contribution in [0.1, 0.15) is 35.0 Å². The van der Waals surface area contributed by atoms with Crippen molar-refractivity contribution in [2.45, 2.75) is 18.0 Å².